The summed E-state index contributed by atoms with van der Waals surface area (Å²) in [5, 5.41) is 8.00. The number of hydrogen-bond donors (Lipinski definition) is 2. The summed E-state index contributed by atoms with van der Waals surface area (Å²) in [5.74, 6) is 1.70. The van der Waals surface area contributed by atoms with Gasteiger partial charge >= 0.3 is 0 Å². The van der Waals surface area contributed by atoms with Crippen molar-refractivity contribution in [1.82, 2.24) is 9.97 Å². The summed E-state index contributed by atoms with van der Waals surface area (Å²) in [4.78, 5) is 11.6. The second kappa shape index (κ2) is 7.59. The normalized spacial score (nSPS) is 12.6. The predicted octanol–water partition coefficient (Wildman–Crippen LogP) is 4.81. The van der Waals surface area contributed by atoms with E-state index in [9.17, 15) is 0 Å². The van der Waals surface area contributed by atoms with E-state index in [1.54, 1.807) is 11.3 Å². The van der Waals surface area contributed by atoms with Gasteiger partial charge in [0.15, 0.2) is 0 Å². The molecule has 0 radical (unpaired) electrons. The van der Waals surface area contributed by atoms with Crippen LogP contribution in [0.4, 0.5) is 11.8 Å². The lowest BCUT2D eigenvalue weighted by Crippen LogP contribution is -2.17. The Morgan fingerprint density at radius 3 is 2.76 bits per heavy atom. The van der Waals surface area contributed by atoms with Crippen molar-refractivity contribution in [3.63, 3.8) is 0 Å². The largest absolute Gasteiger partial charge is 0.367 e. The molecule has 2 N–H and O–H groups in total. The molecular formula is C16H26N4S. The van der Waals surface area contributed by atoms with Gasteiger partial charge in [0.25, 0.3) is 0 Å². The van der Waals surface area contributed by atoms with Gasteiger partial charge in [-0.2, -0.15) is 4.98 Å². The van der Waals surface area contributed by atoms with Crippen LogP contribution in [0.5, 0.6) is 0 Å². The summed E-state index contributed by atoms with van der Waals surface area (Å²) in [6.45, 7) is 9.62. The number of aryl methyl sites for hydroxylation is 1. The molecule has 0 saturated carbocycles. The first-order valence-corrected chi connectivity index (χ1v) is 8.74. The predicted molar refractivity (Wildman–Crippen MR) is 93.5 cm³/mol. The molecule has 0 aromatic carbocycles. The Kier molecular flexibility index (Phi) is 5.79. The van der Waals surface area contributed by atoms with Crippen LogP contribution in [0, 0.1) is 6.92 Å². The van der Waals surface area contributed by atoms with Crippen LogP contribution in [-0.2, 0) is 0 Å². The molecule has 2 rings (SSSR count). The van der Waals surface area contributed by atoms with Gasteiger partial charge in [-0.15, -0.1) is 11.3 Å². The van der Waals surface area contributed by atoms with Gasteiger partial charge in [-0.1, -0.05) is 26.7 Å². The highest BCUT2D eigenvalue weighted by atomic mass is 32.1. The lowest BCUT2D eigenvalue weighted by molar-refractivity contribution is 0.644. The van der Waals surface area contributed by atoms with Crippen LogP contribution in [0.25, 0.3) is 10.2 Å². The van der Waals surface area contributed by atoms with E-state index in [0.717, 1.165) is 34.9 Å². The number of rotatable bonds is 8. The monoisotopic (exact) mass is 306 g/mol. The molecule has 2 aromatic heterocycles. The fourth-order valence-electron chi connectivity index (χ4n) is 2.28. The van der Waals surface area contributed by atoms with Crippen molar-refractivity contribution in [3.8, 4) is 0 Å². The molecule has 5 heteroatoms. The van der Waals surface area contributed by atoms with Crippen LogP contribution in [-0.4, -0.2) is 22.6 Å². The van der Waals surface area contributed by atoms with E-state index in [4.69, 9.17) is 0 Å². The fraction of sp³-hybridized carbons (Fsp3) is 0.625. The van der Waals surface area contributed by atoms with Gasteiger partial charge in [0.1, 0.15) is 10.6 Å². The topological polar surface area (TPSA) is 49.8 Å². The second-order valence-corrected chi connectivity index (χ2v) is 6.82. The van der Waals surface area contributed by atoms with Crippen LogP contribution in [0.3, 0.4) is 0 Å². The molecule has 0 amide bonds. The van der Waals surface area contributed by atoms with Gasteiger partial charge in [0.2, 0.25) is 5.95 Å². The summed E-state index contributed by atoms with van der Waals surface area (Å²) < 4.78 is 0. The molecule has 2 aromatic rings. The van der Waals surface area contributed by atoms with Gasteiger partial charge in [-0.25, -0.2) is 4.98 Å². The first kappa shape index (κ1) is 16.0. The molecule has 0 fully saturated rings. The molecule has 0 saturated heterocycles. The van der Waals surface area contributed by atoms with Crippen molar-refractivity contribution >= 4 is 33.3 Å². The third-order valence-electron chi connectivity index (χ3n) is 3.42. The van der Waals surface area contributed by atoms with Crippen molar-refractivity contribution in [1.29, 1.82) is 0 Å². The first-order chi connectivity index (χ1) is 10.1. The van der Waals surface area contributed by atoms with Crippen LogP contribution in [0.15, 0.2) is 6.07 Å². The Labute approximate surface area is 131 Å². The van der Waals surface area contributed by atoms with E-state index in [1.807, 2.05) is 0 Å². The minimum atomic E-state index is 0.433. The first-order valence-electron chi connectivity index (χ1n) is 7.92. The summed E-state index contributed by atoms with van der Waals surface area (Å²) >= 11 is 1.73. The average molecular weight is 306 g/mol. The van der Waals surface area contributed by atoms with E-state index in [2.05, 4.69) is 54.4 Å². The number of thiophene rings is 1. The van der Waals surface area contributed by atoms with Gasteiger partial charge in [0, 0.05) is 17.5 Å². The van der Waals surface area contributed by atoms with Crippen molar-refractivity contribution in [3.05, 3.63) is 10.9 Å². The van der Waals surface area contributed by atoms with Crippen LogP contribution in [0.1, 0.15) is 51.3 Å². The fourth-order valence-corrected chi connectivity index (χ4v) is 3.16. The number of nitrogens with zero attached hydrogens (tertiary/aromatic N) is 2. The zero-order valence-electron chi connectivity index (χ0n) is 13.5. The molecule has 0 aliphatic carbocycles. The van der Waals surface area contributed by atoms with Crippen LogP contribution in [0.2, 0.25) is 0 Å². The zero-order valence-corrected chi connectivity index (χ0v) is 14.3. The Morgan fingerprint density at radius 2 is 2.05 bits per heavy atom. The standard InChI is InChI=1S/C16H26N4S/c1-5-7-8-11(3)18-14-13-10-12(4)21-15(13)20-16(19-14)17-9-6-2/h10-11H,5-9H2,1-4H3,(H2,17,18,19,20). The minimum absolute atomic E-state index is 0.433. The van der Waals surface area contributed by atoms with Gasteiger partial charge < -0.3 is 10.6 Å². The van der Waals surface area contributed by atoms with Crippen molar-refractivity contribution in [2.24, 2.45) is 0 Å². The third kappa shape index (κ3) is 4.30. The molecule has 116 valence electrons. The molecule has 2 heterocycles. The van der Waals surface area contributed by atoms with E-state index in [-0.39, 0.29) is 0 Å². The molecule has 0 spiro atoms. The second-order valence-electron chi connectivity index (χ2n) is 5.59. The quantitative estimate of drug-likeness (QED) is 0.734. The van der Waals surface area contributed by atoms with Crippen molar-refractivity contribution < 1.29 is 0 Å². The summed E-state index contributed by atoms with van der Waals surface area (Å²) in [7, 11) is 0. The van der Waals surface area contributed by atoms with E-state index < -0.39 is 0 Å². The van der Waals surface area contributed by atoms with Gasteiger partial charge in [-0.3, -0.25) is 0 Å². The highest BCUT2D eigenvalue weighted by Crippen LogP contribution is 2.30. The number of nitrogens with one attached hydrogen (secondary N) is 2. The lowest BCUT2D eigenvalue weighted by atomic mass is 10.1. The molecular weight excluding hydrogens is 280 g/mol. The number of hydrogen-bond acceptors (Lipinski definition) is 5. The van der Waals surface area contributed by atoms with E-state index in [1.165, 1.54) is 24.1 Å². The molecule has 21 heavy (non-hydrogen) atoms. The Bertz CT molecular complexity index is 579. The van der Waals surface area contributed by atoms with E-state index >= 15 is 0 Å². The Balaban J connectivity index is 2.25. The molecule has 1 atom stereocenters. The molecule has 1 unspecified atom stereocenters. The Hall–Kier alpha value is -1.36. The van der Waals surface area contributed by atoms with Crippen LogP contribution >= 0.6 is 11.3 Å². The third-order valence-corrected chi connectivity index (χ3v) is 4.37. The lowest BCUT2D eigenvalue weighted by Gasteiger charge is -2.15. The number of aromatic nitrogens is 2. The summed E-state index contributed by atoms with van der Waals surface area (Å²) in [5.41, 5.74) is 0. The highest BCUT2D eigenvalue weighted by molar-refractivity contribution is 7.18. The smallest absolute Gasteiger partial charge is 0.226 e. The summed E-state index contributed by atoms with van der Waals surface area (Å²) in [6, 6.07) is 2.61. The molecule has 4 nitrogen and oxygen atoms in total. The maximum absolute atomic E-state index is 4.67. The number of fused-ring (bicyclic) bond motifs is 1. The maximum Gasteiger partial charge on any atom is 0.226 e. The van der Waals surface area contributed by atoms with Gasteiger partial charge in [0.05, 0.1) is 5.39 Å². The van der Waals surface area contributed by atoms with Crippen molar-refractivity contribution in [2.75, 3.05) is 17.2 Å². The van der Waals surface area contributed by atoms with E-state index in [0.29, 0.717) is 6.04 Å². The van der Waals surface area contributed by atoms with Gasteiger partial charge in [-0.05, 0) is 32.8 Å². The summed E-state index contributed by atoms with van der Waals surface area (Å²) in [6.07, 6.45) is 4.71. The zero-order chi connectivity index (χ0) is 15.2. The maximum atomic E-state index is 4.67. The number of anilines is 2. The van der Waals surface area contributed by atoms with Crippen molar-refractivity contribution in [2.45, 2.75) is 59.4 Å². The average Bonchev–Trinajstić information content (AvgIpc) is 2.83. The minimum Gasteiger partial charge on any atom is -0.367 e. The molecule has 0 aliphatic rings. The molecule has 0 aliphatic heterocycles. The Morgan fingerprint density at radius 1 is 1.24 bits per heavy atom. The SMILES string of the molecule is CCCCC(C)Nc1nc(NCCC)nc2sc(C)cc12. The highest BCUT2D eigenvalue weighted by Gasteiger charge is 2.12. The number of unbranched alkanes of at least 4 members (excludes halogenated alkanes) is 1. The van der Waals surface area contributed by atoms with Crippen LogP contribution < -0.4 is 10.6 Å². The molecule has 0 bridgehead atoms.